The molecule has 1 heterocycles. The normalized spacial score (nSPS) is 16.5. The van der Waals surface area contributed by atoms with E-state index >= 15 is 0 Å². The third kappa shape index (κ3) is 3.34. The van der Waals surface area contributed by atoms with E-state index in [0.717, 1.165) is 26.1 Å². The van der Waals surface area contributed by atoms with Crippen LogP contribution in [0.5, 0.6) is 0 Å². The number of aryl methyl sites for hydroxylation is 1. The molecule has 1 aliphatic heterocycles. The Hall–Kier alpha value is -1.64. The van der Waals surface area contributed by atoms with Crippen LogP contribution in [-0.4, -0.2) is 24.5 Å². The van der Waals surface area contributed by atoms with Crippen LogP contribution in [0.3, 0.4) is 0 Å². The zero-order valence-electron chi connectivity index (χ0n) is 12.8. The lowest BCUT2D eigenvalue weighted by molar-refractivity contribution is 0.239. The molecule has 21 heavy (non-hydrogen) atoms. The van der Waals surface area contributed by atoms with Gasteiger partial charge in [-0.05, 0) is 30.0 Å². The van der Waals surface area contributed by atoms with E-state index in [2.05, 4.69) is 60.4 Å². The van der Waals surface area contributed by atoms with Crippen LogP contribution < -0.4 is 5.73 Å². The lowest BCUT2D eigenvalue weighted by Gasteiger charge is -2.31. The molecule has 1 unspecified atom stereocenters. The highest BCUT2D eigenvalue weighted by Gasteiger charge is 2.19. The molecular formula is C19H24N2. The summed E-state index contributed by atoms with van der Waals surface area (Å²) in [6.07, 6.45) is 1.15. The Morgan fingerprint density at radius 1 is 1.05 bits per heavy atom. The SMILES string of the molecule is Cc1ccc(C(CN)CN2CCc3ccccc3C2)cc1. The number of nitrogens with zero attached hydrogens (tertiary/aromatic N) is 1. The lowest BCUT2D eigenvalue weighted by Crippen LogP contribution is -2.35. The van der Waals surface area contributed by atoms with Crippen molar-refractivity contribution in [2.75, 3.05) is 19.6 Å². The van der Waals surface area contributed by atoms with Crippen LogP contribution in [0.2, 0.25) is 0 Å². The van der Waals surface area contributed by atoms with Crippen molar-refractivity contribution in [3.05, 3.63) is 70.8 Å². The van der Waals surface area contributed by atoms with Crippen molar-refractivity contribution in [2.24, 2.45) is 5.73 Å². The van der Waals surface area contributed by atoms with Crippen LogP contribution in [0.15, 0.2) is 48.5 Å². The van der Waals surface area contributed by atoms with Gasteiger partial charge in [0.15, 0.2) is 0 Å². The first kappa shape index (κ1) is 14.3. The van der Waals surface area contributed by atoms with Crippen molar-refractivity contribution in [1.82, 2.24) is 4.90 Å². The summed E-state index contributed by atoms with van der Waals surface area (Å²) in [5.41, 5.74) is 11.7. The Morgan fingerprint density at radius 3 is 2.48 bits per heavy atom. The average molecular weight is 280 g/mol. The van der Waals surface area contributed by atoms with E-state index in [-0.39, 0.29) is 0 Å². The maximum absolute atomic E-state index is 6.03. The molecule has 2 aromatic carbocycles. The Morgan fingerprint density at radius 2 is 1.76 bits per heavy atom. The summed E-state index contributed by atoms with van der Waals surface area (Å²) in [6.45, 7) is 6.08. The van der Waals surface area contributed by atoms with Crippen LogP contribution in [-0.2, 0) is 13.0 Å². The summed E-state index contributed by atoms with van der Waals surface area (Å²) in [5.74, 6) is 0.427. The summed E-state index contributed by atoms with van der Waals surface area (Å²) >= 11 is 0. The first-order valence-corrected chi connectivity index (χ1v) is 7.82. The molecule has 2 aromatic rings. The highest BCUT2D eigenvalue weighted by Crippen LogP contribution is 2.22. The molecule has 0 spiro atoms. The zero-order valence-corrected chi connectivity index (χ0v) is 12.8. The molecule has 2 N–H and O–H groups in total. The summed E-state index contributed by atoms with van der Waals surface area (Å²) < 4.78 is 0. The van der Waals surface area contributed by atoms with Crippen molar-refractivity contribution in [3.8, 4) is 0 Å². The molecule has 110 valence electrons. The molecule has 2 heteroatoms. The predicted molar refractivity (Wildman–Crippen MR) is 88.4 cm³/mol. The predicted octanol–water partition coefficient (Wildman–Crippen LogP) is 3.10. The Kier molecular flexibility index (Phi) is 4.37. The number of nitrogens with two attached hydrogens (primary N) is 1. The number of benzene rings is 2. The van der Waals surface area contributed by atoms with E-state index in [4.69, 9.17) is 5.73 Å². The summed E-state index contributed by atoms with van der Waals surface area (Å²) in [4.78, 5) is 2.54. The third-order valence-corrected chi connectivity index (χ3v) is 4.52. The minimum atomic E-state index is 0.427. The maximum Gasteiger partial charge on any atom is 0.0236 e. The van der Waals surface area contributed by atoms with Gasteiger partial charge in [-0.25, -0.2) is 0 Å². The Labute approximate surface area is 127 Å². The third-order valence-electron chi connectivity index (χ3n) is 4.52. The van der Waals surface area contributed by atoms with E-state index in [1.54, 1.807) is 0 Å². The second-order valence-electron chi connectivity index (χ2n) is 6.10. The van der Waals surface area contributed by atoms with Crippen molar-refractivity contribution < 1.29 is 0 Å². The smallest absolute Gasteiger partial charge is 0.0236 e. The van der Waals surface area contributed by atoms with Crippen LogP contribution in [0, 0.1) is 6.92 Å². The molecule has 0 aliphatic carbocycles. The number of hydrogen-bond donors (Lipinski definition) is 1. The fourth-order valence-electron chi connectivity index (χ4n) is 3.18. The van der Waals surface area contributed by atoms with Crippen molar-refractivity contribution in [2.45, 2.75) is 25.8 Å². The van der Waals surface area contributed by atoms with E-state index in [1.165, 1.54) is 22.3 Å². The number of rotatable bonds is 4. The molecule has 0 saturated carbocycles. The van der Waals surface area contributed by atoms with E-state index in [9.17, 15) is 0 Å². The van der Waals surface area contributed by atoms with E-state index in [0.29, 0.717) is 12.5 Å². The standard InChI is InChI=1S/C19H24N2/c1-15-6-8-17(9-7-15)19(12-20)14-21-11-10-16-4-2-3-5-18(16)13-21/h2-9,19H,10-14,20H2,1H3. The van der Waals surface area contributed by atoms with Gasteiger partial charge < -0.3 is 5.73 Å². The molecule has 0 radical (unpaired) electrons. The van der Waals surface area contributed by atoms with Gasteiger partial charge in [0.25, 0.3) is 0 Å². The van der Waals surface area contributed by atoms with Crippen molar-refractivity contribution in [3.63, 3.8) is 0 Å². The Bertz CT molecular complexity index is 589. The molecule has 2 nitrogen and oxygen atoms in total. The van der Waals surface area contributed by atoms with E-state index in [1.807, 2.05) is 0 Å². The molecule has 0 bridgehead atoms. The fraction of sp³-hybridized carbons (Fsp3) is 0.368. The summed E-state index contributed by atoms with van der Waals surface area (Å²) in [7, 11) is 0. The van der Waals surface area contributed by atoms with Gasteiger partial charge in [0.05, 0.1) is 0 Å². The second kappa shape index (κ2) is 6.42. The lowest BCUT2D eigenvalue weighted by atomic mass is 9.95. The van der Waals surface area contributed by atoms with Gasteiger partial charge in [0, 0.05) is 32.1 Å². The Balaban J connectivity index is 1.69. The largest absolute Gasteiger partial charge is 0.330 e. The van der Waals surface area contributed by atoms with Crippen LogP contribution >= 0.6 is 0 Å². The minimum absolute atomic E-state index is 0.427. The average Bonchev–Trinajstić information content (AvgIpc) is 2.53. The van der Waals surface area contributed by atoms with Crippen LogP contribution in [0.4, 0.5) is 0 Å². The quantitative estimate of drug-likeness (QED) is 0.932. The van der Waals surface area contributed by atoms with Gasteiger partial charge in [0.2, 0.25) is 0 Å². The van der Waals surface area contributed by atoms with E-state index < -0.39 is 0 Å². The maximum atomic E-state index is 6.03. The summed E-state index contributed by atoms with van der Waals surface area (Å²) in [6, 6.07) is 17.6. The second-order valence-corrected chi connectivity index (χ2v) is 6.10. The monoisotopic (exact) mass is 280 g/mol. The minimum Gasteiger partial charge on any atom is -0.330 e. The molecular weight excluding hydrogens is 256 g/mol. The molecule has 0 saturated heterocycles. The number of hydrogen-bond acceptors (Lipinski definition) is 2. The van der Waals surface area contributed by atoms with Crippen LogP contribution in [0.1, 0.15) is 28.2 Å². The van der Waals surface area contributed by atoms with Gasteiger partial charge in [-0.2, -0.15) is 0 Å². The number of fused-ring (bicyclic) bond motifs is 1. The first-order chi connectivity index (χ1) is 10.3. The summed E-state index contributed by atoms with van der Waals surface area (Å²) in [5, 5.41) is 0. The highest BCUT2D eigenvalue weighted by atomic mass is 15.1. The fourth-order valence-corrected chi connectivity index (χ4v) is 3.18. The topological polar surface area (TPSA) is 29.3 Å². The van der Waals surface area contributed by atoms with Crippen LogP contribution in [0.25, 0.3) is 0 Å². The zero-order chi connectivity index (χ0) is 14.7. The first-order valence-electron chi connectivity index (χ1n) is 7.82. The van der Waals surface area contributed by atoms with Crippen molar-refractivity contribution in [1.29, 1.82) is 0 Å². The van der Waals surface area contributed by atoms with Gasteiger partial charge in [-0.15, -0.1) is 0 Å². The van der Waals surface area contributed by atoms with Gasteiger partial charge >= 0.3 is 0 Å². The van der Waals surface area contributed by atoms with Crippen molar-refractivity contribution >= 4 is 0 Å². The molecule has 1 aliphatic rings. The van der Waals surface area contributed by atoms with Gasteiger partial charge in [0.1, 0.15) is 0 Å². The molecule has 0 fully saturated rings. The van der Waals surface area contributed by atoms with Gasteiger partial charge in [-0.3, -0.25) is 4.90 Å². The molecule has 3 rings (SSSR count). The molecule has 1 atom stereocenters. The molecule has 0 aromatic heterocycles. The van der Waals surface area contributed by atoms with Gasteiger partial charge in [-0.1, -0.05) is 54.1 Å². The molecule has 0 amide bonds. The highest BCUT2D eigenvalue weighted by molar-refractivity contribution is 5.29.